The van der Waals surface area contributed by atoms with Crippen LogP contribution in [0.5, 0.6) is 0 Å². The fourth-order valence-corrected chi connectivity index (χ4v) is 2.42. The number of aliphatic hydroxyl groups is 1. The number of aliphatic hydroxyl groups excluding tert-OH is 1. The van der Waals surface area contributed by atoms with E-state index in [1.54, 1.807) is 0 Å². The van der Waals surface area contributed by atoms with Crippen LogP contribution in [-0.4, -0.2) is 35.4 Å². The summed E-state index contributed by atoms with van der Waals surface area (Å²) in [5.41, 5.74) is 0. The summed E-state index contributed by atoms with van der Waals surface area (Å²) in [5.74, 6) is -0.196. The van der Waals surface area contributed by atoms with E-state index in [0.717, 1.165) is 19.3 Å². The van der Waals surface area contributed by atoms with E-state index < -0.39 is 0 Å². The number of carbonyl (C=O) groups excluding carboxylic acids is 1. The number of carbonyl (C=O) groups is 1. The minimum absolute atomic E-state index is 0.00620. The number of ether oxygens (including phenoxy) is 1. The molecule has 2 saturated heterocycles. The lowest BCUT2D eigenvalue weighted by molar-refractivity contribution is -0.154. The minimum Gasteiger partial charge on any atom is -0.462 e. The molecule has 0 aromatic rings. The quantitative estimate of drug-likeness (QED) is 0.653. The van der Waals surface area contributed by atoms with Crippen molar-refractivity contribution < 1.29 is 14.6 Å². The molecule has 2 aliphatic rings. The lowest BCUT2D eigenvalue weighted by Gasteiger charge is -2.29. The summed E-state index contributed by atoms with van der Waals surface area (Å²) in [6.07, 6.45) is 2.11. The SMILES string of the molecule is CC(C)C(=O)O[C@@H]1C[C@@H]2C[C@H](O)[C@H](C1)N2. The topological polar surface area (TPSA) is 58.6 Å². The highest BCUT2D eigenvalue weighted by Crippen LogP contribution is 2.29. The highest BCUT2D eigenvalue weighted by atomic mass is 16.5. The molecule has 0 spiro atoms. The average molecular weight is 213 g/mol. The van der Waals surface area contributed by atoms with E-state index in [-0.39, 0.29) is 30.1 Å². The monoisotopic (exact) mass is 213 g/mol. The third-order valence-electron chi connectivity index (χ3n) is 3.26. The Morgan fingerprint density at radius 1 is 1.40 bits per heavy atom. The van der Waals surface area contributed by atoms with Gasteiger partial charge in [-0.25, -0.2) is 0 Å². The largest absolute Gasteiger partial charge is 0.462 e. The lowest BCUT2D eigenvalue weighted by Crippen LogP contribution is -2.44. The van der Waals surface area contributed by atoms with E-state index in [2.05, 4.69) is 5.32 Å². The van der Waals surface area contributed by atoms with E-state index >= 15 is 0 Å². The van der Waals surface area contributed by atoms with Crippen LogP contribution in [0.25, 0.3) is 0 Å². The fourth-order valence-electron chi connectivity index (χ4n) is 2.42. The molecule has 2 aliphatic heterocycles. The molecule has 0 aromatic heterocycles. The van der Waals surface area contributed by atoms with Crippen LogP contribution in [0, 0.1) is 5.92 Å². The van der Waals surface area contributed by atoms with Crippen LogP contribution in [0.2, 0.25) is 0 Å². The van der Waals surface area contributed by atoms with Crippen molar-refractivity contribution in [3.8, 4) is 0 Å². The summed E-state index contributed by atoms with van der Waals surface area (Å²) in [6, 6.07) is 0.442. The Hall–Kier alpha value is -0.610. The van der Waals surface area contributed by atoms with Crippen molar-refractivity contribution in [3.05, 3.63) is 0 Å². The number of esters is 1. The Balaban J connectivity index is 1.88. The number of nitrogens with one attached hydrogen (secondary N) is 1. The van der Waals surface area contributed by atoms with Gasteiger partial charge >= 0.3 is 5.97 Å². The Kier molecular flexibility index (Phi) is 2.98. The molecule has 4 heteroatoms. The van der Waals surface area contributed by atoms with E-state index in [9.17, 15) is 9.90 Å². The van der Waals surface area contributed by atoms with Gasteiger partial charge in [0.1, 0.15) is 6.10 Å². The van der Waals surface area contributed by atoms with E-state index in [1.165, 1.54) is 0 Å². The molecule has 0 aliphatic carbocycles. The summed E-state index contributed by atoms with van der Waals surface area (Å²) >= 11 is 0. The zero-order valence-corrected chi connectivity index (χ0v) is 9.27. The van der Waals surface area contributed by atoms with Crippen molar-refractivity contribution in [1.82, 2.24) is 5.32 Å². The Morgan fingerprint density at radius 2 is 2.13 bits per heavy atom. The van der Waals surface area contributed by atoms with Crippen molar-refractivity contribution >= 4 is 5.97 Å². The van der Waals surface area contributed by atoms with Gasteiger partial charge in [-0.15, -0.1) is 0 Å². The Labute approximate surface area is 90.0 Å². The smallest absolute Gasteiger partial charge is 0.308 e. The molecule has 0 aromatic carbocycles. The van der Waals surface area contributed by atoms with Crippen LogP contribution in [0.1, 0.15) is 33.1 Å². The first-order valence-corrected chi connectivity index (χ1v) is 5.71. The number of hydrogen-bond donors (Lipinski definition) is 2. The van der Waals surface area contributed by atoms with E-state index in [1.807, 2.05) is 13.8 Å². The maximum atomic E-state index is 11.4. The molecule has 2 rings (SSSR count). The summed E-state index contributed by atoms with van der Waals surface area (Å²) in [5, 5.41) is 13.0. The third kappa shape index (κ3) is 2.32. The zero-order valence-electron chi connectivity index (χ0n) is 9.27. The predicted octanol–water partition coefficient (Wildman–Crippen LogP) is 0.439. The standard InChI is InChI=1S/C11H19NO3/c1-6(2)11(14)15-8-3-7-4-10(13)9(5-8)12-7/h6-10,12-13H,3-5H2,1-2H3/t7-,8-,9+,10+/m1/s1. The van der Waals surface area contributed by atoms with Gasteiger partial charge in [-0.1, -0.05) is 13.8 Å². The van der Waals surface area contributed by atoms with Crippen LogP contribution < -0.4 is 5.32 Å². The molecule has 0 radical (unpaired) electrons. The van der Waals surface area contributed by atoms with Crippen LogP contribution in [-0.2, 0) is 9.53 Å². The van der Waals surface area contributed by atoms with Gasteiger partial charge in [0.05, 0.1) is 12.0 Å². The molecule has 2 N–H and O–H groups in total. The lowest BCUT2D eigenvalue weighted by atomic mass is 10.0. The van der Waals surface area contributed by atoms with Crippen LogP contribution in [0.15, 0.2) is 0 Å². The van der Waals surface area contributed by atoms with Crippen LogP contribution >= 0.6 is 0 Å². The summed E-state index contributed by atoms with van der Waals surface area (Å²) < 4.78 is 5.39. The van der Waals surface area contributed by atoms with Gasteiger partial charge in [-0.2, -0.15) is 0 Å². The van der Waals surface area contributed by atoms with Gasteiger partial charge in [0, 0.05) is 18.5 Å². The molecular weight excluding hydrogens is 194 g/mol. The number of rotatable bonds is 2. The fraction of sp³-hybridized carbons (Fsp3) is 0.909. The van der Waals surface area contributed by atoms with E-state index in [0.29, 0.717) is 6.04 Å². The Bertz CT molecular complexity index is 252. The maximum absolute atomic E-state index is 11.4. The minimum atomic E-state index is -0.266. The number of piperidine rings is 1. The normalized spacial score (nSPS) is 39.5. The van der Waals surface area contributed by atoms with Crippen molar-refractivity contribution in [1.29, 1.82) is 0 Å². The molecule has 0 unspecified atom stereocenters. The van der Waals surface area contributed by atoms with Crippen molar-refractivity contribution in [2.45, 2.75) is 57.4 Å². The first-order valence-electron chi connectivity index (χ1n) is 5.71. The maximum Gasteiger partial charge on any atom is 0.308 e. The predicted molar refractivity (Wildman–Crippen MR) is 55.3 cm³/mol. The Morgan fingerprint density at radius 3 is 2.73 bits per heavy atom. The summed E-state index contributed by atoms with van der Waals surface area (Å²) in [6.45, 7) is 3.68. The number of hydrogen-bond acceptors (Lipinski definition) is 4. The summed E-state index contributed by atoms with van der Waals surface area (Å²) in [7, 11) is 0. The second-order valence-electron chi connectivity index (χ2n) is 4.96. The second kappa shape index (κ2) is 4.10. The molecule has 0 amide bonds. The molecule has 4 atom stereocenters. The van der Waals surface area contributed by atoms with Gasteiger partial charge in [0.15, 0.2) is 0 Å². The van der Waals surface area contributed by atoms with Crippen LogP contribution in [0.3, 0.4) is 0 Å². The van der Waals surface area contributed by atoms with E-state index in [4.69, 9.17) is 4.74 Å². The molecule has 0 saturated carbocycles. The first-order chi connectivity index (χ1) is 7.06. The molecule has 2 heterocycles. The first kappa shape index (κ1) is 10.9. The summed E-state index contributed by atoms with van der Waals surface area (Å²) in [4.78, 5) is 11.4. The van der Waals surface area contributed by atoms with Gasteiger partial charge < -0.3 is 15.2 Å². The highest BCUT2D eigenvalue weighted by molar-refractivity contribution is 5.71. The van der Waals surface area contributed by atoms with Crippen molar-refractivity contribution in [3.63, 3.8) is 0 Å². The third-order valence-corrected chi connectivity index (χ3v) is 3.26. The average Bonchev–Trinajstić information content (AvgIpc) is 2.40. The van der Waals surface area contributed by atoms with Gasteiger partial charge in [-0.3, -0.25) is 4.79 Å². The van der Waals surface area contributed by atoms with Crippen molar-refractivity contribution in [2.75, 3.05) is 0 Å². The highest BCUT2D eigenvalue weighted by Gasteiger charge is 2.40. The van der Waals surface area contributed by atoms with Gasteiger partial charge in [-0.05, 0) is 12.8 Å². The molecular formula is C11H19NO3. The second-order valence-corrected chi connectivity index (χ2v) is 4.96. The molecule has 15 heavy (non-hydrogen) atoms. The zero-order chi connectivity index (χ0) is 11.0. The molecule has 86 valence electrons. The molecule has 4 nitrogen and oxygen atoms in total. The van der Waals surface area contributed by atoms with Gasteiger partial charge in [0.25, 0.3) is 0 Å². The van der Waals surface area contributed by atoms with Gasteiger partial charge in [0.2, 0.25) is 0 Å². The number of fused-ring (bicyclic) bond motifs is 2. The van der Waals surface area contributed by atoms with Crippen LogP contribution in [0.4, 0.5) is 0 Å². The van der Waals surface area contributed by atoms with Crippen molar-refractivity contribution in [2.24, 2.45) is 5.92 Å². The molecule has 2 fully saturated rings. The molecule has 2 bridgehead atoms.